The first-order chi connectivity index (χ1) is 13.8. The molecule has 1 heterocycles. The van der Waals surface area contributed by atoms with E-state index < -0.39 is 0 Å². The first kappa shape index (κ1) is 27.0. The van der Waals surface area contributed by atoms with Crippen molar-refractivity contribution < 1.29 is 42.0 Å². The van der Waals surface area contributed by atoms with E-state index in [9.17, 15) is 4.79 Å². The van der Waals surface area contributed by atoms with Crippen molar-refractivity contribution in [2.75, 3.05) is 25.0 Å². The van der Waals surface area contributed by atoms with Crippen molar-refractivity contribution >= 4 is 11.6 Å². The maximum Gasteiger partial charge on any atom is 0.282 e. The molecule has 30 heavy (non-hydrogen) atoms. The number of aryl methyl sites for hydroxylation is 4. The van der Waals surface area contributed by atoms with Crippen LogP contribution in [0.3, 0.4) is 0 Å². The number of rotatable bonds is 5. The average molecular weight is 485 g/mol. The number of amides is 1. The number of benzene rings is 2. The fourth-order valence-electron chi connectivity index (χ4n) is 4.75. The normalized spacial score (nSPS) is 15.4. The summed E-state index contributed by atoms with van der Waals surface area (Å²) < 4.78 is 0.965. The van der Waals surface area contributed by atoms with E-state index in [4.69, 9.17) is 0 Å². The van der Waals surface area contributed by atoms with Gasteiger partial charge in [-0.2, -0.15) is 0 Å². The number of carbonyl (C=O) groups excluding carboxylic acids is 1. The van der Waals surface area contributed by atoms with Gasteiger partial charge in [0, 0.05) is 57.7 Å². The maximum atomic E-state index is 13.0. The molecule has 1 radical (unpaired) electrons. The Morgan fingerprint density at radius 2 is 1.47 bits per heavy atom. The summed E-state index contributed by atoms with van der Waals surface area (Å²) in [4.78, 5) is 13.0. The fourth-order valence-corrected chi connectivity index (χ4v) is 4.75. The molecule has 1 aliphatic heterocycles. The van der Waals surface area contributed by atoms with E-state index >= 15 is 0 Å². The van der Waals surface area contributed by atoms with Gasteiger partial charge in [-0.3, -0.25) is 4.79 Å². The molecule has 0 saturated carbocycles. The number of carbonyl (C=O) groups is 1. The Labute approximate surface area is 209 Å². The van der Waals surface area contributed by atoms with E-state index in [0.29, 0.717) is 0 Å². The third kappa shape index (κ3) is 7.00. The average Bonchev–Trinajstić information content (AvgIpc) is 3.16. The van der Waals surface area contributed by atoms with Gasteiger partial charge < -0.3 is 9.80 Å². The predicted molar refractivity (Wildman–Crippen MR) is 124 cm³/mol. The summed E-state index contributed by atoms with van der Waals surface area (Å²) in [6, 6.07) is 14.6. The van der Waals surface area contributed by atoms with Crippen molar-refractivity contribution in [1.82, 2.24) is 0 Å². The van der Waals surface area contributed by atoms with Crippen LogP contribution < -0.4 is 5.32 Å². The zero-order valence-corrected chi connectivity index (χ0v) is 22.6. The van der Waals surface area contributed by atoms with Gasteiger partial charge in [-0.1, -0.05) is 60.5 Å². The zero-order valence-electron chi connectivity index (χ0n) is 19.8. The number of hydrogen-bond donors (Lipinski definition) is 1. The minimum absolute atomic E-state index is 0. The predicted octanol–water partition coefficient (Wildman–Crippen LogP) is 5.95. The smallest absolute Gasteiger partial charge is 0.282 e. The van der Waals surface area contributed by atoms with Gasteiger partial charge in [-0.15, -0.1) is 0 Å². The van der Waals surface area contributed by atoms with Crippen LogP contribution in [0, 0.1) is 27.7 Å². The third-order valence-corrected chi connectivity index (χ3v) is 6.30. The van der Waals surface area contributed by atoms with Crippen LogP contribution in [0.2, 0.25) is 0 Å². The number of nitrogens with zero attached hydrogens (tertiary/aromatic N) is 1. The molecule has 1 atom stereocenters. The van der Waals surface area contributed by atoms with Crippen LogP contribution in [0.5, 0.6) is 0 Å². The Kier molecular flexibility index (Phi) is 11.5. The van der Waals surface area contributed by atoms with E-state index in [-0.39, 0.29) is 44.7 Å². The quantitative estimate of drug-likeness (QED) is 0.522. The number of likely N-dealkylation sites (N-methyl/N-ethyl adjacent to an activating group) is 1. The van der Waals surface area contributed by atoms with Crippen molar-refractivity contribution in [2.45, 2.75) is 66.8 Å². The molecule has 161 valence electrons. The molecule has 1 fully saturated rings. The van der Waals surface area contributed by atoms with Crippen molar-refractivity contribution in [3.63, 3.8) is 0 Å². The summed E-state index contributed by atoms with van der Waals surface area (Å²) in [5.41, 5.74) is 5.89. The molecular formula is C26H39N2OY+. The number of quaternary nitrogens is 1. The molecule has 2 aromatic carbocycles. The van der Waals surface area contributed by atoms with Crippen LogP contribution in [0.15, 0.2) is 42.5 Å². The van der Waals surface area contributed by atoms with Crippen molar-refractivity contribution in [1.29, 1.82) is 0 Å². The summed E-state index contributed by atoms with van der Waals surface area (Å²) in [6.45, 7) is 16.1. The molecule has 3 nitrogen and oxygen atoms in total. The second-order valence-corrected chi connectivity index (χ2v) is 8.53. The first-order valence-corrected chi connectivity index (χ1v) is 11.1. The van der Waals surface area contributed by atoms with Crippen molar-refractivity contribution in [3.8, 4) is 0 Å². The fraction of sp³-hybridized carbons (Fsp3) is 0.500. The molecule has 0 bridgehead atoms. The monoisotopic (exact) mass is 484 g/mol. The van der Waals surface area contributed by atoms with Gasteiger partial charge in [0.1, 0.15) is 0 Å². The van der Waals surface area contributed by atoms with E-state index in [1.807, 2.05) is 18.2 Å². The van der Waals surface area contributed by atoms with Gasteiger partial charge in [-0.05, 0) is 45.7 Å². The molecule has 1 N–H and O–H groups in total. The molecule has 1 amide bonds. The van der Waals surface area contributed by atoms with Crippen molar-refractivity contribution in [2.24, 2.45) is 0 Å². The Balaban J connectivity index is 0.000000477. The Bertz CT molecular complexity index is 775. The van der Waals surface area contributed by atoms with Gasteiger partial charge in [0.2, 0.25) is 0 Å². The Morgan fingerprint density at radius 1 is 0.933 bits per heavy atom. The zero-order chi connectivity index (χ0) is 21.4. The largest absolute Gasteiger partial charge is 0.320 e. The summed E-state index contributed by atoms with van der Waals surface area (Å²) >= 11 is 0. The minimum Gasteiger partial charge on any atom is -0.320 e. The molecule has 3 rings (SSSR count). The summed E-state index contributed by atoms with van der Waals surface area (Å²) in [7, 11) is 0. The van der Waals surface area contributed by atoms with Crippen LogP contribution in [-0.4, -0.2) is 36.1 Å². The van der Waals surface area contributed by atoms with Crippen molar-refractivity contribution in [3.05, 3.63) is 64.7 Å². The van der Waals surface area contributed by atoms with Gasteiger partial charge in [-0.25, -0.2) is 0 Å². The Morgan fingerprint density at radius 3 is 1.87 bits per heavy atom. The number of anilines is 1. The van der Waals surface area contributed by atoms with Crippen LogP contribution in [-0.2, 0) is 37.5 Å². The molecule has 1 saturated heterocycles. The third-order valence-electron chi connectivity index (χ3n) is 6.30. The second-order valence-electron chi connectivity index (χ2n) is 8.53. The summed E-state index contributed by atoms with van der Waals surface area (Å²) in [5, 5.41) is 3.24. The molecule has 4 heteroatoms. The standard InChI is InChI=1S/C19H30N2O.C7H8.Y/c1-6-17(21(7-2)10-8-9-11-21)19(22)20-18-15(4)12-14(3)13-16(18)5;1-7-5-3-2-4-6-7;/h12-13,17H,6-11H2,1-5H3;2-6H,1H3;/p+1. The molecule has 0 aliphatic carbocycles. The van der Waals surface area contributed by atoms with Crippen LogP contribution >= 0.6 is 0 Å². The molecule has 1 unspecified atom stereocenters. The summed E-state index contributed by atoms with van der Waals surface area (Å²) in [5.74, 6) is 0.196. The number of likely N-dealkylation sites (tertiary alicyclic amines) is 1. The number of nitrogens with one attached hydrogen (secondary N) is 1. The Hall–Kier alpha value is -1.03. The van der Waals surface area contributed by atoms with Crippen LogP contribution in [0.25, 0.3) is 0 Å². The van der Waals surface area contributed by atoms with Gasteiger partial charge >= 0.3 is 0 Å². The van der Waals surface area contributed by atoms with E-state index in [1.54, 1.807) is 0 Å². The topological polar surface area (TPSA) is 29.1 Å². The molecule has 2 aromatic rings. The summed E-state index contributed by atoms with van der Waals surface area (Å²) in [6.07, 6.45) is 3.41. The van der Waals surface area contributed by atoms with Crippen LogP contribution in [0.4, 0.5) is 5.69 Å². The van der Waals surface area contributed by atoms with E-state index in [0.717, 1.165) is 47.4 Å². The van der Waals surface area contributed by atoms with Crippen LogP contribution in [0.1, 0.15) is 55.4 Å². The van der Waals surface area contributed by atoms with E-state index in [2.05, 4.69) is 71.1 Å². The molecule has 1 aliphatic rings. The molecule has 0 spiro atoms. The molecule has 0 aromatic heterocycles. The van der Waals surface area contributed by atoms with E-state index in [1.165, 1.54) is 24.0 Å². The first-order valence-electron chi connectivity index (χ1n) is 11.1. The second kappa shape index (κ2) is 12.7. The van der Waals surface area contributed by atoms with Gasteiger partial charge in [0.15, 0.2) is 6.04 Å². The number of hydrogen-bond acceptors (Lipinski definition) is 1. The molecular weight excluding hydrogens is 445 g/mol. The van der Waals surface area contributed by atoms with Gasteiger partial charge in [0.25, 0.3) is 5.91 Å². The minimum atomic E-state index is 0. The SMILES string of the molecule is CCC(C(=O)Nc1c(C)cc(C)cc1C)[N+]1(CC)CCCC1.Cc1ccccc1.[Y]. The maximum absolute atomic E-state index is 13.0. The van der Waals surface area contributed by atoms with Gasteiger partial charge in [0.05, 0.1) is 19.6 Å².